The van der Waals surface area contributed by atoms with Crippen LogP contribution in [0.25, 0.3) is 0 Å². The summed E-state index contributed by atoms with van der Waals surface area (Å²) in [5.41, 5.74) is -0.719. The molecule has 5 nitrogen and oxygen atoms in total. The molecule has 1 heterocycles. The van der Waals surface area contributed by atoms with Gasteiger partial charge in [-0.1, -0.05) is 13.8 Å². The number of hydrogen-bond donors (Lipinski definition) is 0. The van der Waals surface area contributed by atoms with Gasteiger partial charge in [0.25, 0.3) is 0 Å². The molecule has 0 saturated carbocycles. The summed E-state index contributed by atoms with van der Waals surface area (Å²) in [6.07, 6.45) is 3.60. The van der Waals surface area contributed by atoms with Crippen LogP contribution >= 0.6 is 0 Å². The van der Waals surface area contributed by atoms with Crippen LogP contribution in [0.1, 0.15) is 60.3 Å². The summed E-state index contributed by atoms with van der Waals surface area (Å²) in [6, 6.07) is 0. The van der Waals surface area contributed by atoms with Gasteiger partial charge in [-0.3, -0.25) is 0 Å². The fraction of sp³-hybridized carbons (Fsp3) is 0.941. The van der Waals surface area contributed by atoms with Crippen LogP contribution in [-0.4, -0.2) is 55.1 Å². The minimum atomic E-state index is -0.460. The highest BCUT2D eigenvalue weighted by molar-refractivity contribution is 5.68. The SMILES string of the molecule is CCCOCCOC1(CC)CCCN(C(=O)OC(C)(C)C)C1. The van der Waals surface area contributed by atoms with E-state index in [2.05, 4.69) is 13.8 Å². The van der Waals surface area contributed by atoms with Crippen molar-refractivity contribution in [3.05, 3.63) is 0 Å². The van der Waals surface area contributed by atoms with Gasteiger partial charge in [-0.25, -0.2) is 4.79 Å². The van der Waals surface area contributed by atoms with E-state index in [0.717, 1.165) is 38.8 Å². The zero-order valence-electron chi connectivity index (χ0n) is 14.9. The third-order valence-electron chi connectivity index (χ3n) is 3.82. The largest absolute Gasteiger partial charge is 0.444 e. The third kappa shape index (κ3) is 6.53. The normalized spacial score (nSPS) is 22.7. The van der Waals surface area contributed by atoms with Gasteiger partial charge in [0.1, 0.15) is 5.60 Å². The highest BCUT2D eigenvalue weighted by Gasteiger charge is 2.38. The van der Waals surface area contributed by atoms with Crippen LogP contribution in [0.4, 0.5) is 4.79 Å². The molecule has 130 valence electrons. The number of rotatable bonds is 7. The fourth-order valence-electron chi connectivity index (χ4n) is 2.65. The number of carbonyl (C=O) groups is 1. The summed E-state index contributed by atoms with van der Waals surface area (Å²) in [6.45, 7) is 13.2. The molecule has 0 N–H and O–H groups in total. The van der Waals surface area contributed by atoms with E-state index in [4.69, 9.17) is 14.2 Å². The first-order valence-corrected chi connectivity index (χ1v) is 8.51. The van der Waals surface area contributed by atoms with Crippen molar-refractivity contribution in [3.63, 3.8) is 0 Å². The maximum Gasteiger partial charge on any atom is 0.410 e. The number of carbonyl (C=O) groups excluding carboxylic acids is 1. The fourth-order valence-corrected chi connectivity index (χ4v) is 2.65. The van der Waals surface area contributed by atoms with E-state index < -0.39 is 5.60 Å². The van der Waals surface area contributed by atoms with E-state index in [1.54, 1.807) is 4.90 Å². The molecule has 22 heavy (non-hydrogen) atoms. The lowest BCUT2D eigenvalue weighted by molar-refractivity contribution is -0.106. The second-order valence-corrected chi connectivity index (χ2v) is 7.00. The maximum atomic E-state index is 12.3. The van der Waals surface area contributed by atoms with Gasteiger partial charge in [0.2, 0.25) is 0 Å². The van der Waals surface area contributed by atoms with Crippen LogP contribution < -0.4 is 0 Å². The number of likely N-dealkylation sites (tertiary alicyclic amines) is 1. The Kier molecular flexibility index (Phi) is 7.63. The number of piperidine rings is 1. The molecule has 1 saturated heterocycles. The third-order valence-corrected chi connectivity index (χ3v) is 3.82. The molecule has 0 spiro atoms. The van der Waals surface area contributed by atoms with Crippen LogP contribution in [0, 0.1) is 0 Å². The molecular formula is C17H33NO4. The van der Waals surface area contributed by atoms with Crippen molar-refractivity contribution in [1.82, 2.24) is 4.90 Å². The molecule has 1 amide bonds. The van der Waals surface area contributed by atoms with Crippen molar-refractivity contribution in [1.29, 1.82) is 0 Å². The first-order valence-electron chi connectivity index (χ1n) is 8.51. The molecule has 1 fully saturated rings. The Bertz CT molecular complexity index is 340. The zero-order chi connectivity index (χ0) is 16.6. The smallest absolute Gasteiger partial charge is 0.410 e. The van der Waals surface area contributed by atoms with Crippen LogP contribution in [0.5, 0.6) is 0 Å². The minimum Gasteiger partial charge on any atom is -0.444 e. The van der Waals surface area contributed by atoms with Crippen LogP contribution in [0.2, 0.25) is 0 Å². The summed E-state index contributed by atoms with van der Waals surface area (Å²) in [5.74, 6) is 0. The number of hydrogen-bond acceptors (Lipinski definition) is 4. The zero-order valence-corrected chi connectivity index (χ0v) is 14.9. The Balaban J connectivity index is 2.51. The van der Waals surface area contributed by atoms with Crippen molar-refractivity contribution in [2.24, 2.45) is 0 Å². The van der Waals surface area contributed by atoms with Crippen molar-refractivity contribution >= 4 is 6.09 Å². The van der Waals surface area contributed by atoms with Crippen LogP contribution in [0.15, 0.2) is 0 Å². The molecule has 0 aliphatic carbocycles. The van der Waals surface area contributed by atoms with Crippen molar-refractivity contribution in [2.45, 2.75) is 71.5 Å². The van der Waals surface area contributed by atoms with E-state index >= 15 is 0 Å². The topological polar surface area (TPSA) is 48.0 Å². The van der Waals surface area contributed by atoms with Gasteiger partial charge in [-0.15, -0.1) is 0 Å². The number of amides is 1. The molecule has 0 aromatic heterocycles. The molecule has 0 radical (unpaired) electrons. The second kappa shape index (κ2) is 8.73. The highest BCUT2D eigenvalue weighted by atomic mass is 16.6. The van der Waals surface area contributed by atoms with Crippen molar-refractivity contribution < 1.29 is 19.0 Å². The second-order valence-electron chi connectivity index (χ2n) is 7.00. The Morgan fingerprint density at radius 3 is 2.50 bits per heavy atom. The molecule has 5 heteroatoms. The molecule has 1 rings (SSSR count). The minimum absolute atomic E-state index is 0.240. The predicted molar refractivity (Wildman–Crippen MR) is 87.1 cm³/mol. The van der Waals surface area contributed by atoms with Crippen LogP contribution in [-0.2, 0) is 14.2 Å². The quantitative estimate of drug-likeness (QED) is 0.673. The first-order chi connectivity index (χ1) is 10.3. The van der Waals surface area contributed by atoms with E-state index in [-0.39, 0.29) is 11.7 Å². The lowest BCUT2D eigenvalue weighted by Gasteiger charge is -2.42. The summed E-state index contributed by atoms with van der Waals surface area (Å²) in [4.78, 5) is 14.0. The van der Waals surface area contributed by atoms with Gasteiger partial charge in [-0.2, -0.15) is 0 Å². The van der Waals surface area contributed by atoms with Crippen LogP contribution in [0.3, 0.4) is 0 Å². The molecule has 1 unspecified atom stereocenters. The Morgan fingerprint density at radius 2 is 1.91 bits per heavy atom. The van der Waals surface area contributed by atoms with Gasteiger partial charge >= 0.3 is 6.09 Å². The first kappa shape index (κ1) is 19.2. The lowest BCUT2D eigenvalue weighted by Crippen LogP contribution is -2.52. The molecule has 0 aromatic rings. The molecule has 0 bridgehead atoms. The Morgan fingerprint density at radius 1 is 1.18 bits per heavy atom. The maximum absolute atomic E-state index is 12.3. The molecule has 1 atom stereocenters. The monoisotopic (exact) mass is 315 g/mol. The molecule has 0 aromatic carbocycles. The average molecular weight is 315 g/mol. The lowest BCUT2D eigenvalue weighted by atomic mass is 9.90. The summed E-state index contributed by atoms with van der Waals surface area (Å²) in [5, 5.41) is 0. The Labute approximate surface area is 135 Å². The summed E-state index contributed by atoms with van der Waals surface area (Å²) >= 11 is 0. The highest BCUT2D eigenvalue weighted by Crippen LogP contribution is 2.29. The average Bonchev–Trinajstić information content (AvgIpc) is 2.45. The van der Waals surface area contributed by atoms with Gasteiger partial charge in [0.05, 0.1) is 25.4 Å². The number of nitrogens with zero attached hydrogens (tertiary/aromatic N) is 1. The van der Waals surface area contributed by atoms with E-state index in [1.165, 1.54) is 0 Å². The standard InChI is InChI=1S/C17H33NO4/c1-6-11-20-12-13-21-17(7-2)9-8-10-18(14-17)15(19)22-16(3,4)5/h6-14H2,1-5H3. The van der Waals surface area contributed by atoms with Gasteiger partial charge in [-0.05, 0) is 46.5 Å². The van der Waals surface area contributed by atoms with Gasteiger partial charge in [0.15, 0.2) is 0 Å². The molecule has 1 aliphatic heterocycles. The summed E-state index contributed by atoms with van der Waals surface area (Å²) < 4.78 is 17.1. The molecular weight excluding hydrogens is 282 g/mol. The predicted octanol–water partition coefficient (Wildman–Crippen LogP) is 3.61. The van der Waals surface area contributed by atoms with Gasteiger partial charge in [0, 0.05) is 13.2 Å². The number of ether oxygens (including phenoxy) is 3. The molecule has 1 aliphatic rings. The van der Waals surface area contributed by atoms with Crippen molar-refractivity contribution in [3.8, 4) is 0 Å². The Hall–Kier alpha value is -0.810. The van der Waals surface area contributed by atoms with Gasteiger partial charge < -0.3 is 19.1 Å². The van der Waals surface area contributed by atoms with E-state index in [0.29, 0.717) is 19.8 Å². The van der Waals surface area contributed by atoms with E-state index in [1.807, 2.05) is 20.8 Å². The van der Waals surface area contributed by atoms with Crippen molar-refractivity contribution in [2.75, 3.05) is 32.9 Å². The summed E-state index contributed by atoms with van der Waals surface area (Å²) in [7, 11) is 0. The van der Waals surface area contributed by atoms with E-state index in [9.17, 15) is 4.79 Å².